The number of hydrogen-bond acceptors (Lipinski definition) is 3. The Balaban J connectivity index is 2.30. The van der Waals surface area contributed by atoms with Crippen LogP contribution >= 0.6 is 11.6 Å². The Labute approximate surface area is 127 Å². The van der Waals surface area contributed by atoms with Gasteiger partial charge in [-0.1, -0.05) is 41.9 Å². The number of hydrogen-bond donors (Lipinski definition) is 1. The number of methoxy groups -OCH3 is 1. The van der Waals surface area contributed by atoms with Crippen LogP contribution in [0.3, 0.4) is 0 Å². The monoisotopic (exact) mass is 303 g/mol. The van der Waals surface area contributed by atoms with Gasteiger partial charge in [0.15, 0.2) is 0 Å². The summed E-state index contributed by atoms with van der Waals surface area (Å²) in [4.78, 5) is 23.6. The van der Waals surface area contributed by atoms with Crippen LogP contribution in [0.4, 0.5) is 0 Å². The Kier molecular flexibility index (Phi) is 5.09. The van der Waals surface area contributed by atoms with Crippen LogP contribution in [0.5, 0.6) is 0 Å². The third kappa shape index (κ3) is 3.90. The molecule has 0 aliphatic heterocycles. The van der Waals surface area contributed by atoms with E-state index >= 15 is 0 Å². The highest BCUT2D eigenvalue weighted by Gasteiger charge is 2.14. The van der Waals surface area contributed by atoms with E-state index in [9.17, 15) is 9.59 Å². The number of carbonyl (C=O) groups is 2. The van der Waals surface area contributed by atoms with Crippen molar-refractivity contribution in [2.45, 2.75) is 0 Å². The average molecular weight is 304 g/mol. The highest BCUT2D eigenvalue weighted by molar-refractivity contribution is 6.30. The van der Waals surface area contributed by atoms with Crippen LogP contribution < -0.4 is 5.32 Å². The van der Waals surface area contributed by atoms with Gasteiger partial charge in [-0.25, -0.2) is 0 Å². The second-order valence-electron chi connectivity index (χ2n) is 4.36. The van der Waals surface area contributed by atoms with Crippen molar-refractivity contribution in [1.29, 1.82) is 0 Å². The van der Waals surface area contributed by atoms with E-state index in [4.69, 9.17) is 11.6 Å². The van der Waals surface area contributed by atoms with Gasteiger partial charge in [0.2, 0.25) is 0 Å². The maximum atomic E-state index is 12.2. The molecule has 2 aromatic carbocycles. The molecule has 21 heavy (non-hydrogen) atoms. The summed E-state index contributed by atoms with van der Waals surface area (Å²) < 4.78 is 4.69. The zero-order valence-electron chi connectivity index (χ0n) is 11.4. The zero-order valence-corrected chi connectivity index (χ0v) is 12.2. The summed E-state index contributed by atoms with van der Waals surface area (Å²) in [5, 5.41) is 2.91. The van der Waals surface area contributed by atoms with Crippen LogP contribution in [0.2, 0.25) is 5.02 Å². The van der Waals surface area contributed by atoms with E-state index in [1.807, 2.05) is 24.3 Å². The lowest BCUT2D eigenvalue weighted by atomic mass is 9.99. The minimum atomic E-state index is -0.478. The fraction of sp³-hybridized carbons (Fsp3) is 0.125. The molecule has 0 fully saturated rings. The van der Waals surface area contributed by atoms with E-state index < -0.39 is 11.8 Å². The van der Waals surface area contributed by atoms with E-state index in [2.05, 4.69) is 10.1 Å². The van der Waals surface area contributed by atoms with E-state index in [1.54, 1.807) is 24.3 Å². The SMILES string of the molecule is COCC(=O)NC(=O)c1ccccc1-c1ccc(Cl)cc1. The molecular formula is C16H14ClNO3. The first-order valence-electron chi connectivity index (χ1n) is 6.30. The summed E-state index contributed by atoms with van der Waals surface area (Å²) in [5.74, 6) is -0.934. The van der Waals surface area contributed by atoms with Gasteiger partial charge in [0.1, 0.15) is 6.61 Å². The molecule has 0 atom stereocenters. The molecule has 108 valence electrons. The summed E-state index contributed by atoms with van der Waals surface area (Å²) in [5.41, 5.74) is 2.01. The first kappa shape index (κ1) is 15.2. The second-order valence-corrected chi connectivity index (χ2v) is 4.80. The van der Waals surface area contributed by atoms with E-state index in [1.165, 1.54) is 7.11 Å². The van der Waals surface area contributed by atoms with E-state index in [0.717, 1.165) is 11.1 Å². The molecule has 0 heterocycles. The lowest BCUT2D eigenvalue weighted by Crippen LogP contribution is -2.33. The van der Waals surface area contributed by atoms with Gasteiger partial charge >= 0.3 is 0 Å². The van der Waals surface area contributed by atoms with Crippen molar-refractivity contribution < 1.29 is 14.3 Å². The van der Waals surface area contributed by atoms with Crippen molar-refractivity contribution in [2.75, 3.05) is 13.7 Å². The molecule has 0 spiro atoms. The Morgan fingerprint density at radius 2 is 1.76 bits per heavy atom. The molecule has 0 saturated carbocycles. The molecule has 0 unspecified atom stereocenters. The van der Waals surface area contributed by atoms with Crippen LogP contribution in [-0.2, 0) is 9.53 Å². The highest BCUT2D eigenvalue weighted by Crippen LogP contribution is 2.25. The van der Waals surface area contributed by atoms with Crippen LogP contribution in [0, 0.1) is 0 Å². The molecule has 0 saturated heterocycles. The standard InChI is InChI=1S/C16H14ClNO3/c1-21-10-15(19)18-16(20)14-5-3-2-4-13(14)11-6-8-12(17)9-7-11/h2-9H,10H2,1H3,(H,18,19,20). The van der Waals surface area contributed by atoms with Crippen LogP contribution in [0.25, 0.3) is 11.1 Å². The van der Waals surface area contributed by atoms with Crippen molar-refractivity contribution in [3.8, 4) is 11.1 Å². The quantitative estimate of drug-likeness (QED) is 0.945. The average Bonchev–Trinajstić information content (AvgIpc) is 2.48. The Hall–Kier alpha value is -2.17. The largest absolute Gasteiger partial charge is 0.375 e. The molecule has 4 nitrogen and oxygen atoms in total. The lowest BCUT2D eigenvalue weighted by molar-refractivity contribution is -0.123. The smallest absolute Gasteiger partial charge is 0.258 e. The van der Waals surface area contributed by atoms with Gasteiger partial charge in [-0.2, -0.15) is 0 Å². The second kappa shape index (κ2) is 7.02. The molecule has 0 aliphatic carbocycles. The number of halogens is 1. The van der Waals surface area contributed by atoms with Gasteiger partial charge in [-0.15, -0.1) is 0 Å². The zero-order chi connectivity index (χ0) is 15.2. The number of rotatable bonds is 4. The Morgan fingerprint density at radius 1 is 1.10 bits per heavy atom. The molecule has 5 heteroatoms. The van der Waals surface area contributed by atoms with Crippen molar-refractivity contribution in [1.82, 2.24) is 5.32 Å². The summed E-state index contributed by atoms with van der Waals surface area (Å²) in [7, 11) is 1.39. The summed E-state index contributed by atoms with van der Waals surface area (Å²) in [6.45, 7) is -0.158. The van der Waals surface area contributed by atoms with Crippen molar-refractivity contribution in [3.05, 3.63) is 59.1 Å². The van der Waals surface area contributed by atoms with E-state index in [-0.39, 0.29) is 6.61 Å². The van der Waals surface area contributed by atoms with E-state index in [0.29, 0.717) is 10.6 Å². The minimum Gasteiger partial charge on any atom is -0.375 e. The van der Waals surface area contributed by atoms with Crippen LogP contribution in [-0.4, -0.2) is 25.5 Å². The number of carbonyl (C=O) groups excluding carboxylic acids is 2. The molecule has 0 aromatic heterocycles. The molecular weight excluding hydrogens is 290 g/mol. The van der Waals surface area contributed by atoms with Crippen molar-refractivity contribution in [2.24, 2.45) is 0 Å². The van der Waals surface area contributed by atoms with Gasteiger partial charge < -0.3 is 4.74 Å². The molecule has 0 aliphatic rings. The molecule has 1 N–H and O–H groups in total. The van der Waals surface area contributed by atoms with Gasteiger partial charge in [0.05, 0.1) is 0 Å². The lowest BCUT2D eigenvalue weighted by Gasteiger charge is -2.09. The Bertz CT molecular complexity index is 653. The molecule has 2 aromatic rings. The van der Waals surface area contributed by atoms with Crippen LogP contribution in [0.1, 0.15) is 10.4 Å². The van der Waals surface area contributed by atoms with Gasteiger partial charge in [0.25, 0.3) is 11.8 Å². The van der Waals surface area contributed by atoms with Gasteiger partial charge in [-0.3, -0.25) is 14.9 Å². The van der Waals surface area contributed by atoms with Gasteiger partial charge in [-0.05, 0) is 29.3 Å². The molecule has 0 bridgehead atoms. The van der Waals surface area contributed by atoms with Crippen molar-refractivity contribution >= 4 is 23.4 Å². The number of imide groups is 1. The summed E-state index contributed by atoms with van der Waals surface area (Å²) in [6, 6.07) is 14.2. The predicted octanol–water partition coefficient (Wildman–Crippen LogP) is 2.91. The minimum absolute atomic E-state index is 0.158. The fourth-order valence-corrected chi connectivity index (χ4v) is 2.05. The maximum absolute atomic E-state index is 12.2. The summed E-state index contributed by atoms with van der Waals surface area (Å²) in [6.07, 6.45) is 0. The summed E-state index contributed by atoms with van der Waals surface area (Å²) >= 11 is 5.87. The third-order valence-corrected chi connectivity index (χ3v) is 3.11. The van der Waals surface area contributed by atoms with Crippen molar-refractivity contribution in [3.63, 3.8) is 0 Å². The Morgan fingerprint density at radius 3 is 2.43 bits per heavy atom. The van der Waals surface area contributed by atoms with Gasteiger partial charge in [0, 0.05) is 17.7 Å². The first-order valence-corrected chi connectivity index (χ1v) is 6.67. The topological polar surface area (TPSA) is 55.4 Å². The normalized spacial score (nSPS) is 10.2. The molecule has 0 radical (unpaired) electrons. The maximum Gasteiger partial charge on any atom is 0.258 e. The first-order chi connectivity index (χ1) is 10.1. The predicted molar refractivity (Wildman–Crippen MR) is 81.2 cm³/mol. The number of nitrogens with one attached hydrogen (secondary N) is 1. The fourth-order valence-electron chi connectivity index (χ4n) is 1.92. The number of ether oxygens (including phenoxy) is 1. The number of amides is 2. The number of benzene rings is 2. The highest BCUT2D eigenvalue weighted by atomic mass is 35.5. The third-order valence-electron chi connectivity index (χ3n) is 2.86. The molecule has 2 rings (SSSR count). The van der Waals surface area contributed by atoms with Crippen LogP contribution in [0.15, 0.2) is 48.5 Å². The molecule has 2 amide bonds.